The largest absolute Gasteiger partial charge is 0.493 e. The van der Waals surface area contributed by atoms with Gasteiger partial charge in [-0.15, -0.1) is 0 Å². The van der Waals surface area contributed by atoms with Gasteiger partial charge in [0.1, 0.15) is 5.75 Å². The number of aryl methyl sites for hydroxylation is 2. The third-order valence-corrected chi connectivity index (χ3v) is 3.92. The molecule has 0 spiro atoms. The maximum absolute atomic E-state index is 12.3. The van der Waals surface area contributed by atoms with E-state index in [1.54, 1.807) is 21.1 Å². The molecule has 2 rings (SSSR count). The average Bonchev–Trinajstić information content (AvgIpc) is 2.61. The molecule has 1 amide bonds. The van der Waals surface area contributed by atoms with Crippen LogP contribution < -0.4 is 19.5 Å². The smallest absolute Gasteiger partial charge is 0.261 e. The van der Waals surface area contributed by atoms with E-state index in [1.807, 2.05) is 50.2 Å². The van der Waals surface area contributed by atoms with Crippen LogP contribution in [-0.2, 0) is 11.3 Å². The van der Waals surface area contributed by atoms with Crippen molar-refractivity contribution >= 4 is 5.91 Å². The van der Waals surface area contributed by atoms with Gasteiger partial charge in [0.15, 0.2) is 17.6 Å². The third-order valence-electron chi connectivity index (χ3n) is 3.92. The highest BCUT2D eigenvalue weighted by molar-refractivity contribution is 5.80. The number of benzene rings is 2. The van der Waals surface area contributed by atoms with Crippen LogP contribution in [0.4, 0.5) is 0 Å². The van der Waals surface area contributed by atoms with Crippen LogP contribution in [0.25, 0.3) is 0 Å². The van der Waals surface area contributed by atoms with Gasteiger partial charge in [-0.3, -0.25) is 4.79 Å². The Morgan fingerprint density at radius 2 is 1.68 bits per heavy atom. The number of ether oxygens (including phenoxy) is 3. The number of rotatable bonds is 7. The van der Waals surface area contributed by atoms with Gasteiger partial charge in [-0.1, -0.05) is 23.8 Å². The zero-order valence-corrected chi connectivity index (χ0v) is 15.4. The van der Waals surface area contributed by atoms with Crippen molar-refractivity contribution < 1.29 is 19.0 Å². The normalized spacial score (nSPS) is 11.6. The molecule has 0 heterocycles. The van der Waals surface area contributed by atoms with Gasteiger partial charge in [-0.2, -0.15) is 0 Å². The second-order valence-corrected chi connectivity index (χ2v) is 5.94. The minimum Gasteiger partial charge on any atom is -0.493 e. The summed E-state index contributed by atoms with van der Waals surface area (Å²) in [5, 5.41) is 2.88. The van der Waals surface area contributed by atoms with Crippen molar-refractivity contribution in [1.82, 2.24) is 5.32 Å². The van der Waals surface area contributed by atoms with Gasteiger partial charge in [-0.25, -0.2) is 0 Å². The maximum atomic E-state index is 12.3. The Bertz CT molecular complexity index is 742. The summed E-state index contributed by atoms with van der Waals surface area (Å²) in [6.07, 6.45) is -0.582. The van der Waals surface area contributed by atoms with E-state index in [1.165, 1.54) is 0 Å². The van der Waals surface area contributed by atoms with E-state index < -0.39 is 6.10 Å². The Labute approximate surface area is 148 Å². The fourth-order valence-electron chi connectivity index (χ4n) is 2.50. The molecule has 0 aliphatic heterocycles. The summed E-state index contributed by atoms with van der Waals surface area (Å²) in [7, 11) is 3.17. The summed E-state index contributed by atoms with van der Waals surface area (Å²) >= 11 is 0. The van der Waals surface area contributed by atoms with Crippen molar-refractivity contribution in [3.63, 3.8) is 0 Å². The topological polar surface area (TPSA) is 56.8 Å². The first kappa shape index (κ1) is 18.6. The Balaban J connectivity index is 1.95. The molecular weight excluding hydrogens is 318 g/mol. The fraction of sp³-hybridized carbons (Fsp3) is 0.350. The molecule has 2 aromatic rings. The van der Waals surface area contributed by atoms with Crippen LogP contribution in [0.5, 0.6) is 17.2 Å². The highest BCUT2D eigenvalue weighted by Gasteiger charge is 2.15. The number of carbonyl (C=O) groups is 1. The molecule has 0 aliphatic rings. The highest BCUT2D eigenvalue weighted by Crippen LogP contribution is 2.27. The fourth-order valence-corrected chi connectivity index (χ4v) is 2.50. The van der Waals surface area contributed by atoms with E-state index in [4.69, 9.17) is 14.2 Å². The molecule has 0 saturated carbocycles. The quantitative estimate of drug-likeness (QED) is 0.837. The Morgan fingerprint density at radius 3 is 2.32 bits per heavy atom. The average molecular weight is 343 g/mol. The predicted molar refractivity (Wildman–Crippen MR) is 97.4 cm³/mol. The van der Waals surface area contributed by atoms with Crippen LogP contribution >= 0.6 is 0 Å². The molecular formula is C20H25NO4. The predicted octanol–water partition coefficient (Wildman–Crippen LogP) is 3.40. The lowest BCUT2D eigenvalue weighted by Crippen LogP contribution is -2.36. The van der Waals surface area contributed by atoms with Gasteiger partial charge in [0.25, 0.3) is 5.91 Å². The molecule has 1 atom stereocenters. The number of hydrogen-bond acceptors (Lipinski definition) is 4. The maximum Gasteiger partial charge on any atom is 0.261 e. The second kappa shape index (κ2) is 8.42. The van der Waals surface area contributed by atoms with Crippen LogP contribution in [0.15, 0.2) is 36.4 Å². The Morgan fingerprint density at radius 1 is 1.00 bits per heavy atom. The van der Waals surface area contributed by atoms with Crippen molar-refractivity contribution in [2.45, 2.75) is 33.4 Å². The first-order chi connectivity index (χ1) is 11.9. The molecule has 0 bridgehead atoms. The number of amides is 1. The molecule has 134 valence electrons. The van der Waals surface area contributed by atoms with E-state index in [2.05, 4.69) is 5.32 Å². The third kappa shape index (κ3) is 4.89. The summed E-state index contributed by atoms with van der Waals surface area (Å²) in [5.74, 6) is 1.84. The number of carbonyl (C=O) groups excluding carboxylic acids is 1. The molecule has 5 nitrogen and oxygen atoms in total. The summed E-state index contributed by atoms with van der Waals surface area (Å²) < 4.78 is 16.3. The van der Waals surface area contributed by atoms with Crippen LogP contribution in [0, 0.1) is 13.8 Å². The molecule has 0 aromatic heterocycles. The molecule has 0 radical (unpaired) electrons. The Kier molecular flexibility index (Phi) is 6.28. The molecule has 0 fully saturated rings. The van der Waals surface area contributed by atoms with E-state index in [0.717, 1.165) is 22.4 Å². The van der Waals surface area contributed by atoms with Crippen molar-refractivity contribution in [1.29, 1.82) is 0 Å². The molecule has 0 unspecified atom stereocenters. The second-order valence-electron chi connectivity index (χ2n) is 5.94. The molecule has 0 saturated heterocycles. The van der Waals surface area contributed by atoms with Gasteiger partial charge >= 0.3 is 0 Å². The van der Waals surface area contributed by atoms with Crippen LogP contribution in [0.3, 0.4) is 0 Å². The lowest BCUT2D eigenvalue weighted by molar-refractivity contribution is -0.127. The zero-order valence-electron chi connectivity index (χ0n) is 15.4. The number of methoxy groups -OCH3 is 2. The van der Waals surface area contributed by atoms with Crippen LogP contribution in [0.2, 0.25) is 0 Å². The van der Waals surface area contributed by atoms with Crippen molar-refractivity contribution in [3.05, 3.63) is 53.1 Å². The number of nitrogens with one attached hydrogen (secondary N) is 1. The molecule has 5 heteroatoms. The molecule has 1 N–H and O–H groups in total. The molecule has 2 aromatic carbocycles. The van der Waals surface area contributed by atoms with E-state index in [0.29, 0.717) is 18.0 Å². The van der Waals surface area contributed by atoms with E-state index >= 15 is 0 Å². The first-order valence-corrected chi connectivity index (χ1v) is 8.17. The highest BCUT2D eigenvalue weighted by atomic mass is 16.5. The Hall–Kier alpha value is -2.69. The van der Waals surface area contributed by atoms with Gasteiger partial charge in [0, 0.05) is 6.54 Å². The van der Waals surface area contributed by atoms with Crippen LogP contribution in [-0.4, -0.2) is 26.2 Å². The summed E-state index contributed by atoms with van der Waals surface area (Å²) in [4.78, 5) is 12.3. The van der Waals surface area contributed by atoms with E-state index in [9.17, 15) is 4.79 Å². The lowest BCUT2D eigenvalue weighted by Gasteiger charge is -2.17. The molecule has 0 aliphatic carbocycles. The van der Waals surface area contributed by atoms with Crippen molar-refractivity contribution in [2.24, 2.45) is 0 Å². The summed E-state index contributed by atoms with van der Waals surface area (Å²) in [5.41, 5.74) is 3.10. The summed E-state index contributed by atoms with van der Waals surface area (Å²) in [6, 6.07) is 11.4. The number of hydrogen-bond donors (Lipinski definition) is 1. The summed E-state index contributed by atoms with van der Waals surface area (Å²) in [6.45, 7) is 6.12. The van der Waals surface area contributed by atoms with Gasteiger partial charge in [0.2, 0.25) is 0 Å². The van der Waals surface area contributed by atoms with Gasteiger partial charge in [-0.05, 0) is 50.1 Å². The minimum absolute atomic E-state index is 0.172. The van der Waals surface area contributed by atoms with Crippen molar-refractivity contribution in [3.8, 4) is 17.2 Å². The lowest BCUT2D eigenvalue weighted by atomic mass is 10.1. The van der Waals surface area contributed by atoms with Gasteiger partial charge in [0.05, 0.1) is 14.2 Å². The van der Waals surface area contributed by atoms with E-state index in [-0.39, 0.29) is 5.91 Å². The zero-order chi connectivity index (χ0) is 18.4. The monoisotopic (exact) mass is 343 g/mol. The molecule has 25 heavy (non-hydrogen) atoms. The van der Waals surface area contributed by atoms with Crippen LogP contribution in [0.1, 0.15) is 23.6 Å². The first-order valence-electron chi connectivity index (χ1n) is 8.17. The van der Waals surface area contributed by atoms with Gasteiger partial charge < -0.3 is 19.5 Å². The SMILES string of the molecule is COc1ccc(CNC(=O)[C@H](C)Oc2ccc(C)cc2C)cc1OC. The minimum atomic E-state index is -0.582. The van der Waals surface area contributed by atoms with Crippen molar-refractivity contribution in [2.75, 3.05) is 14.2 Å². The standard InChI is InChI=1S/C20H25NO4/c1-13-6-8-17(14(2)10-13)25-15(3)20(22)21-12-16-7-9-18(23-4)19(11-16)24-5/h6-11,15H,12H2,1-5H3,(H,21,22)/t15-/m0/s1.